The van der Waals surface area contributed by atoms with E-state index in [0.29, 0.717) is 16.0 Å². The van der Waals surface area contributed by atoms with E-state index in [9.17, 15) is 14.9 Å². The van der Waals surface area contributed by atoms with E-state index in [0.717, 1.165) is 16.9 Å². The number of nitrogens with zero attached hydrogens (tertiary/aromatic N) is 3. The Morgan fingerprint density at radius 2 is 1.94 bits per heavy atom. The molecule has 0 unspecified atom stereocenters. The van der Waals surface area contributed by atoms with E-state index in [1.807, 2.05) is 12.1 Å². The molecule has 31 heavy (non-hydrogen) atoms. The van der Waals surface area contributed by atoms with Gasteiger partial charge in [0.15, 0.2) is 5.57 Å². The lowest BCUT2D eigenvalue weighted by Gasteiger charge is -2.04. The van der Waals surface area contributed by atoms with Crippen LogP contribution in [0, 0.1) is 11.3 Å². The molecule has 3 aromatic heterocycles. The third-order valence-corrected chi connectivity index (χ3v) is 5.49. The highest BCUT2D eigenvalue weighted by Crippen LogP contribution is 2.05. The second-order valence-corrected chi connectivity index (χ2v) is 7.45. The Bertz CT molecular complexity index is 1410. The zero-order chi connectivity index (χ0) is 21.6. The third-order valence-electron chi connectivity index (χ3n) is 4.40. The molecule has 0 bridgehead atoms. The molecule has 1 aromatic carbocycles. The minimum atomic E-state index is -0.583. The van der Waals surface area contributed by atoms with E-state index in [2.05, 4.69) is 10.3 Å². The summed E-state index contributed by atoms with van der Waals surface area (Å²) >= 11 is 1.09. The Morgan fingerprint density at radius 1 is 1.16 bits per heavy atom. The van der Waals surface area contributed by atoms with Crippen LogP contribution in [0.25, 0.3) is 17.3 Å². The number of carbonyl (C=O) groups excluding carboxylic acids is 1. The lowest BCUT2D eigenvalue weighted by Crippen LogP contribution is -2.33. The molecule has 0 saturated heterocycles. The first kappa shape index (κ1) is 20.1. The molecule has 4 aromatic rings. The number of nitriles is 1. The van der Waals surface area contributed by atoms with Crippen LogP contribution in [0.3, 0.4) is 0 Å². The molecule has 0 saturated carbocycles. The van der Waals surface area contributed by atoms with E-state index in [-0.39, 0.29) is 22.3 Å². The van der Waals surface area contributed by atoms with Crippen molar-refractivity contribution in [2.75, 3.05) is 0 Å². The summed E-state index contributed by atoms with van der Waals surface area (Å²) < 4.78 is 7.27. The lowest BCUT2D eigenvalue weighted by atomic mass is 10.2. The molecule has 1 amide bonds. The minimum Gasteiger partial charge on any atom is -0.467 e. The van der Waals surface area contributed by atoms with E-state index < -0.39 is 5.91 Å². The van der Waals surface area contributed by atoms with E-state index in [1.165, 1.54) is 10.8 Å². The Balaban J connectivity index is 1.89. The number of para-hydroxylation sites is 1. The Hall–Kier alpha value is -4.22. The molecule has 0 spiro atoms. The number of carbonyl (C=O) groups is 1. The van der Waals surface area contributed by atoms with Crippen molar-refractivity contribution in [3.8, 4) is 11.8 Å². The van der Waals surface area contributed by atoms with Crippen LogP contribution in [0.1, 0.15) is 11.3 Å². The second-order valence-electron chi connectivity index (χ2n) is 6.42. The van der Waals surface area contributed by atoms with E-state index in [4.69, 9.17) is 4.42 Å². The van der Waals surface area contributed by atoms with Gasteiger partial charge in [0, 0.05) is 12.4 Å². The number of furan rings is 1. The summed E-state index contributed by atoms with van der Waals surface area (Å²) in [6.07, 6.45) is 6.48. The Labute approximate surface area is 180 Å². The topological polar surface area (TPSA) is 101 Å². The van der Waals surface area contributed by atoms with Gasteiger partial charge in [0.1, 0.15) is 16.5 Å². The van der Waals surface area contributed by atoms with Gasteiger partial charge in [0.05, 0.1) is 23.0 Å². The van der Waals surface area contributed by atoms with E-state index in [1.54, 1.807) is 67.0 Å². The maximum atomic E-state index is 13.2. The third kappa shape index (κ3) is 4.37. The first-order valence-corrected chi connectivity index (χ1v) is 10.1. The molecular weight excluding hydrogens is 412 g/mol. The molecule has 0 aliphatic carbocycles. The van der Waals surface area contributed by atoms with Crippen LogP contribution < -0.4 is 20.1 Å². The summed E-state index contributed by atoms with van der Waals surface area (Å²) in [5.41, 5.74) is 0.905. The monoisotopic (exact) mass is 428 g/mol. The molecule has 0 aliphatic rings. The smallest absolute Gasteiger partial charge is 0.273 e. The summed E-state index contributed by atoms with van der Waals surface area (Å²) in [6.45, 7) is 0.133. The van der Waals surface area contributed by atoms with Crippen molar-refractivity contribution in [3.63, 3.8) is 0 Å². The van der Waals surface area contributed by atoms with Crippen molar-refractivity contribution in [1.29, 1.82) is 5.26 Å². The van der Waals surface area contributed by atoms with Gasteiger partial charge in [-0.15, -0.1) is 11.3 Å². The first-order valence-electron chi connectivity index (χ1n) is 9.31. The number of hydrogen-bond donors (Lipinski definition) is 1. The standard InChI is InChI=1S/C23H16N4O3S/c24-14-19(21(28)26-15-18-7-4-12-30-18)23-27(17-5-2-1-3-6-17)22(29)20(31-23)13-16-8-10-25-11-9-16/h1-13H,15H2,(H,26,28). The number of thiazole rings is 1. The SMILES string of the molecule is N#CC(C(=O)NCc1ccco1)=c1sc(=Cc2ccncc2)c(=O)n1-c1ccccc1. The molecular formula is C23H16N4O3S. The molecule has 7 nitrogen and oxygen atoms in total. The van der Waals surface area contributed by atoms with Crippen LogP contribution in [0.4, 0.5) is 0 Å². The molecule has 1 N–H and O–H groups in total. The van der Waals surface area contributed by atoms with Gasteiger partial charge in [-0.3, -0.25) is 19.1 Å². The number of pyridine rings is 1. The Kier molecular flexibility index (Phi) is 5.87. The molecule has 4 rings (SSSR count). The number of amides is 1. The van der Waals surface area contributed by atoms with Crippen molar-refractivity contribution in [3.05, 3.63) is 104 Å². The van der Waals surface area contributed by atoms with Crippen LogP contribution in [0.15, 0.2) is 82.5 Å². The van der Waals surface area contributed by atoms with Crippen LogP contribution in [-0.4, -0.2) is 15.5 Å². The van der Waals surface area contributed by atoms with Gasteiger partial charge >= 0.3 is 0 Å². The van der Waals surface area contributed by atoms with Crippen LogP contribution in [-0.2, 0) is 11.3 Å². The number of benzene rings is 1. The molecule has 0 fully saturated rings. The van der Waals surface area contributed by atoms with Gasteiger partial charge in [-0.1, -0.05) is 18.2 Å². The predicted molar refractivity (Wildman–Crippen MR) is 117 cm³/mol. The van der Waals surface area contributed by atoms with Gasteiger partial charge in [0.25, 0.3) is 11.5 Å². The molecule has 0 atom stereocenters. The normalized spacial score (nSPS) is 12.3. The summed E-state index contributed by atoms with van der Waals surface area (Å²) in [5, 5.41) is 12.4. The highest BCUT2D eigenvalue weighted by Gasteiger charge is 2.17. The molecule has 0 radical (unpaired) electrons. The number of aromatic nitrogens is 2. The average Bonchev–Trinajstić information content (AvgIpc) is 3.43. The van der Waals surface area contributed by atoms with Crippen LogP contribution in [0.5, 0.6) is 0 Å². The molecule has 0 aliphatic heterocycles. The van der Waals surface area contributed by atoms with Gasteiger partial charge in [-0.05, 0) is 48.0 Å². The van der Waals surface area contributed by atoms with Crippen molar-refractivity contribution in [2.24, 2.45) is 0 Å². The van der Waals surface area contributed by atoms with Crippen molar-refractivity contribution in [1.82, 2.24) is 14.9 Å². The minimum absolute atomic E-state index is 0.133. The number of nitrogens with one attached hydrogen (secondary N) is 1. The summed E-state index contributed by atoms with van der Waals surface area (Å²) in [6, 6.07) is 17.9. The Morgan fingerprint density at radius 3 is 2.61 bits per heavy atom. The maximum absolute atomic E-state index is 13.2. The highest BCUT2D eigenvalue weighted by molar-refractivity contribution is 7.07. The fourth-order valence-corrected chi connectivity index (χ4v) is 4.04. The molecule has 3 heterocycles. The molecule has 8 heteroatoms. The first-order chi connectivity index (χ1) is 15.2. The lowest BCUT2D eigenvalue weighted by molar-refractivity contribution is -0.115. The predicted octanol–water partition coefficient (Wildman–Crippen LogP) is 1.71. The van der Waals surface area contributed by atoms with E-state index >= 15 is 0 Å². The van der Waals surface area contributed by atoms with Gasteiger partial charge < -0.3 is 9.73 Å². The molecule has 152 valence electrons. The summed E-state index contributed by atoms with van der Waals surface area (Å²) in [7, 11) is 0. The largest absolute Gasteiger partial charge is 0.467 e. The maximum Gasteiger partial charge on any atom is 0.273 e. The van der Waals surface area contributed by atoms with Crippen molar-refractivity contribution < 1.29 is 9.21 Å². The summed E-state index contributed by atoms with van der Waals surface area (Å²) in [4.78, 5) is 30.0. The van der Waals surface area contributed by atoms with Crippen LogP contribution in [0.2, 0.25) is 0 Å². The fourth-order valence-electron chi connectivity index (χ4n) is 2.94. The average molecular weight is 428 g/mol. The fraction of sp³-hybridized carbons (Fsp3) is 0.0435. The van der Waals surface area contributed by atoms with Crippen LogP contribution >= 0.6 is 11.3 Å². The number of rotatable bonds is 5. The zero-order valence-corrected chi connectivity index (χ0v) is 17.0. The zero-order valence-electron chi connectivity index (χ0n) is 16.2. The van der Waals surface area contributed by atoms with Gasteiger partial charge in [-0.2, -0.15) is 5.26 Å². The van der Waals surface area contributed by atoms with Gasteiger partial charge in [-0.25, -0.2) is 0 Å². The quantitative estimate of drug-likeness (QED) is 0.522. The van der Waals surface area contributed by atoms with Crippen molar-refractivity contribution in [2.45, 2.75) is 6.54 Å². The van der Waals surface area contributed by atoms with Gasteiger partial charge in [0.2, 0.25) is 0 Å². The summed E-state index contributed by atoms with van der Waals surface area (Å²) in [5.74, 6) is -0.0238. The second kappa shape index (κ2) is 9.07. The highest BCUT2D eigenvalue weighted by atomic mass is 32.1. The van der Waals surface area contributed by atoms with Crippen molar-refractivity contribution >= 4 is 28.9 Å². The number of hydrogen-bond acceptors (Lipinski definition) is 6.